The molecule has 0 radical (unpaired) electrons. The summed E-state index contributed by atoms with van der Waals surface area (Å²) < 4.78 is 13.8. The zero-order valence-electron chi connectivity index (χ0n) is 21.8. The summed E-state index contributed by atoms with van der Waals surface area (Å²) in [4.78, 5) is 38.3. The van der Waals surface area contributed by atoms with E-state index in [0.717, 1.165) is 32.4 Å². The molecule has 1 atom stereocenters. The molecule has 1 aromatic carbocycles. The van der Waals surface area contributed by atoms with Gasteiger partial charge in [0.25, 0.3) is 11.2 Å². The number of ether oxygens (including phenoxy) is 2. The maximum absolute atomic E-state index is 12.9. The van der Waals surface area contributed by atoms with Crippen LogP contribution in [-0.2, 0) is 18.8 Å². The third-order valence-electron chi connectivity index (χ3n) is 6.64. The highest BCUT2D eigenvalue weighted by Gasteiger charge is 2.23. The van der Waals surface area contributed by atoms with Crippen molar-refractivity contribution in [2.75, 3.05) is 38.7 Å². The lowest BCUT2D eigenvalue weighted by Gasteiger charge is -2.25. The molecule has 1 fully saturated rings. The predicted molar refractivity (Wildman–Crippen MR) is 142 cm³/mol. The second-order valence-corrected chi connectivity index (χ2v) is 9.30. The fourth-order valence-corrected chi connectivity index (χ4v) is 4.70. The fourth-order valence-electron chi connectivity index (χ4n) is 4.70. The van der Waals surface area contributed by atoms with Crippen LogP contribution in [0.1, 0.15) is 29.6 Å². The molecular weight excluding hydrogens is 492 g/mol. The van der Waals surface area contributed by atoms with Crippen molar-refractivity contribution in [2.24, 2.45) is 14.1 Å². The van der Waals surface area contributed by atoms with Crippen LogP contribution < -0.4 is 15.6 Å². The van der Waals surface area contributed by atoms with E-state index in [2.05, 4.69) is 15.3 Å². The van der Waals surface area contributed by atoms with Gasteiger partial charge in [-0.3, -0.25) is 19.8 Å². The van der Waals surface area contributed by atoms with E-state index in [4.69, 9.17) is 9.47 Å². The molecule has 202 valence electrons. The van der Waals surface area contributed by atoms with Gasteiger partial charge in [-0.25, -0.2) is 9.48 Å². The predicted octanol–water partition coefficient (Wildman–Crippen LogP) is 2.83. The number of carbonyl (C=O) groups excluding carboxylic acids is 1. The van der Waals surface area contributed by atoms with Gasteiger partial charge in [-0.15, -0.1) is 0 Å². The van der Waals surface area contributed by atoms with Crippen molar-refractivity contribution in [1.29, 1.82) is 0 Å². The number of methoxy groups -OCH3 is 1. The van der Waals surface area contributed by atoms with Crippen LogP contribution in [0.4, 0.5) is 11.4 Å². The number of pyridine rings is 1. The summed E-state index contributed by atoms with van der Waals surface area (Å²) in [6, 6.07) is 8.25. The molecule has 0 saturated carbocycles. The van der Waals surface area contributed by atoms with E-state index in [0.29, 0.717) is 35.8 Å². The Hall–Kier alpha value is -4.19. The molecule has 12 heteroatoms. The summed E-state index contributed by atoms with van der Waals surface area (Å²) in [5, 5.41) is 19.0. The summed E-state index contributed by atoms with van der Waals surface area (Å²) in [6.45, 7) is 2.58. The standard InChI is InChI=1S/C26H32N6O6/c1-29-16-18(26(34)37-3)14-20(24(29)33)21-15-27-30(2)25(21)38-13-12-31-11-7-6-8-19(17-31)28-22-9-4-5-10-23(22)32(35)36/h4-5,9-10,14-16,19,28H,6-8,11-13,17H2,1-3H3. The SMILES string of the molecule is COC(=O)c1cc(-c2cnn(C)c2OCCN2CCCCC(Nc3ccccc3[N+](=O)[O-])C2)c(=O)n(C)c1. The van der Waals surface area contributed by atoms with Crippen molar-refractivity contribution in [3.05, 3.63) is 68.8 Å². The minimum absolute atomic E-state index is 0.0648. The van der Waals surface area contributed by atoms with Gasteiger partial charge in [0, 0.05) is 45.5 Å². The number of nitro groups is 1. The van der Waals surface area contributed by atoms with Gasteiger partial charge in [0.15, 0.2) is 0 Å². The molecule has 0 spiro atoms. The van der Waals surface area contributed by atoms with Crippen molar-refractivity contribution in [3.8, 4) is 17.0 Å². The molecule has 1 aliphatic heterocycles. The maximum atomic E-state index is 12.9. The number of para-hydroxylation sites is 2. The zero-order chi connectivity index (χ0) is 27.2. The molecule has 0 aliphatic carbocycles. The quantitative estimate of drug-likeness (QED) is 0.255. The summed E-state index contributed by atoms with van der Waals surface area (Å²) in [6.07, 6.45) is 5.92. The van der Waals surface area contributed by atoms with Crippen LogP contribution in [0.5, 0.6) is 5.88 Å². The third kappa shape index (κ3) is 6.02. The first-order valence-electron chi connectivity index (χ1n) is 12.4. The molecule has 1 N–H and O–H groups in total. The van der Waals surface area contributed by atoms with E-state index >= 15 is 0 Å². The van der Waals surface area contributed by atoms with Crippen LogP contribution in [0.2, 0.25) is 0 Å². The highest BCUT2D eigenvalue weighted by atomic mass is 16.6. The van der Waals surface area contributed by atoms with Crippen LogP contribution in [0.3, 0.4) is 0 Å². The first-order chi connectivity index (χ1) is 18.3. The zero-order valence-corrected chi connectivity index (χ0v) is 21.8. The van der Waals surface area contributed by atoms with Crippen LogP contribution in [0, 0.1) is 10.1 Å². The van der Waals surface area contributed by atoms with E-state index in [1.165, 1.54) is 30.0 Å². The number of nitro benzene ring substituents is 1. The molecule has 0 bridgehead atoms. The molecule has 12 nitrogen and oxygen atoms in total. The molecule has 3 aromatic rings. The fraction of sp³-hybridized carbons (Fsp3) is 0.423. The Morgan fingerprint density at radius 1 is 1.24 bits per heavy atom. The van der Waals surface area contributed by atoms with Crippen molar-refractivity contribution < 1.29 is 19.2 Å². The minimum Gasteiger partial charge on any atom is -0.476 e. The number of anilines is 1. The van der Waals surface area contributed by atoms with E-state index in [1.54, 1.807) is 43.2 Å². The maximum Gasteiger partial charge on any atom is 0.339 e. The lowest BCUT2D eigenvalue weighted by Crippen LogP contribution is -2.37. The monoisotopic (exact) mass is 524 g/mol. The van der Waals surface area contributed by atoms with Gasteiger partial charge in [0.1, 0.15) is 12.3 Å². The Morgan fingerprint density at radius 3 is 2.79 bits per heavy atom. The number of nitrogens with one attached hydrogen (secondary N) is 1. The Morgan fingerprint density at radius 2 is 2.03 bits per heavy atom. The number of hydrogen-bond donors (Lipinski definition) is 1. The number of hydrogen-bond acceptors (Lipinski definition) is 9. The van der Waals surface area contributed by atoms with E-state index in [9.17, 15) is 19.7 Å². The van der Waals surface area contributed by atoms with Gasteiger partial charge >= 0.3 is 5.97 Å². The number of rotatable bonds is 9. The van der Waals surface area contributed by atoms with Crippen molar-refractivity contribution in [1.82, 2.24) is 19.2 Å². The van der Waals surface area contributed by atoms with Crippen LogP contribution in [0.15, 0.2) is 47.5 Å². The Balaban J connectivity index is 1.45. The summed E-state index contributed by atoms with van der Waals surface area (Å²) >= 11 is 0. The second kappa shape index (κ2) is 11.9. The molecule has 0 amide bonds. The van der Waals surface area contributed by atoms with Crippen molar-refractivity contribution in [2.45, 2.75) is 25.3 Å². The molecule has 3 heterocycles. The number of aromatic nitrogens is 3. The van der Waals surface area contributed by atoms with Crippen molar-refractivity contribution >= 4 is 17.3 Å². The number of nitrogens with zero attached hydrogens (tertiary/aromatic N) is 5. The minimum atomic E-state index is -0.543. The first kappa shape index (κ1) is 26.9. The molecule has 1 unspecified atom stereocenters. The topological polar surface area (TPSA) is 134 Å². The van der Waals surface area contributed by atoms with Gasteiger partial charge in [-0.2, -0.15) is 5.10 Å². The highest BCUT2D eigenvalue weighted by molar-refractivity contribution is 5.90. The third-order valence-corrected chi connectivity index (χ3v) is 6.64. The first-order valence-corrected chi connectivity index (χ1v) is 12.4. The number of likely N-dealkylation sites (tertiary alicyclic amines) is 1. The normalized spacial score (nSPS) is 16.0. The smallest absolute Gasteiger partial charge is 0.339 e. The summed E-state index contributed by atoms with van der Waals surface area (Å²) in [5.41, 5.74) is 1.34. The summed E-state index contributed by atoms with van der Waals surface area (Å²) in [7, 11) is 4.59. The largest absolute Gasteiger partial charge is 0.476 e. The lowest BCUT2D eigenvalue weighted by atomic mass is 10.1. The molecule has 38 heavy (non-hydrogen) atoms. The number of carbonyl (C=O) groups is 1. The Kier molecular flexibility index (Phi) is 8.41. The van der Waals surface area contributed by atoms with Crippen LogP contribution in [-0.4, -0.2) is 69.5 Å². The summed E-state index contributed by atoms with van der Waals surface area (Å²) in [5.74, 6) is -0.119. The average molecular weight is 525 g/mol. The van der Waals surface area contributed by atoms with Crippen molar-refractivity contribution in [3.63, 3.8) is 0 Å². The van der Waals surface area contributed by atoms with Gasteiger partial charge in [-0.05, 0) is 31.5 Å². The Bertz CT molecular complexity index is 1370. The van der Waals surface area contributed by atoms with Crippen LogP contribution in [0.25, 0.3) is 11.1 Å². The van der Waals surface area contributed by atoms with E-state index in [1.807, 2.05) is 0 Å². The molecular formula is C26H32N6O6. The van der Waals surface area contributed by atoms with E-state index in [-0.39, 0.29) is 27.8 Å². The van der Waals surface area contributed by atoms with Gasteiger partial charge in [0.05, 0.1) is 34.9 Å². The average Bonchev–Trinajstić information content (AvgIpc) is 3.11. The van der Waals surface area contributed by atoms with Gasteiger partial charge in [0.2, 0.25) is 5.88 Å². The van der Waals surface area contributed by atoms with Crippen LogP contribution >= 0.6 is 0 Å². The van der Waals surface area contributed by atoms with Gasteiger partial charge < -0.3 is 19.4 Å². The van der Waals surface area contributed by atoms with E-state index < -0.39 is 5.97 Å². The Labute approximate surface area is 219 Å². The van der Waals surface area contributed by atoms with Gasteiger partial charge in [-0.1, -0.05) is 18.6 Å². The molecule has 2 aromatic heterocycles. The molecule has 1 saturated heterocycles. The lowest BCUT2D eigenvalue weighted by molar-refractivity contribution is -0.384. The number of esters is 1. The number of benzene rings is 1. The number of aryl methyl sites for hydroxylation is 2. The highest BCUT2D eigenvalue weighted by Crippen LogP contribution is 2.28. The molecule has 4 rings (SSSR count). The second-order valence-electron chi connectivity index (χ2n) is 9.30. The molecule has 1 aliphatic rings.